The van der Waals surface area contributed by atoms with E-state index in [-0.39, 0.29) is 17.9 Å². The molecule has 0 saturated carbocycles. The van der Waals surface area contributed by atoms with E-state index >= 15 is 0 Å². The van der Waals surface area contributed by atoms with Crippen molar-refractivity contribution in [2.75, 3.05) is 13.3 Å². The van der Waals surface area contributed by atoms with Gasteiger partial charge in [-0.15, -0.1) is 0 Å². The van der Waals surface area contributed by atoms with Crippen molar-refractivity contribution in [2.24, 2.45) is 0 Å². The highest BCUT2D eigenvalue weighted by Gasteiger charge is 2.55. The van der Waals surface area contributed by atoms with Crippen LogP contribution in [0, 0.1) is 5.41 Å². The van der Waals surface area contributed by atoms with Crippen molar-refractivity contribution in [1.29, 1.82) is 5.41 Å². The summed E-state index contributed by atoms with van der Waals surface area (Å²) in [5, 5.41) is 10.5. The summed E-state index contributed by atoms with van der Waals surface area (Å²) in [7, 11) is -2.52. The molecule has 1 rings (SSSR count). The molecule has 0 aliphatic carbocycles. The van der Waals surface area contributed by atoms with Gasteiger partial charge in [0.25, 0.3) is 0 Å². The molecule has 1 saturated heterocycles. The smallest absolute Gasteiger partial charge is 0.399 e. The lowest BCUT2D eigenvalue weighted by Gasteiger charge is -2.32. The van der Waals surface area contributed by atoms with Gasteiger partial charge in [0, 0.05) is 25.9 Å². The molecule has 27 heavy (non-hydrogen) atoms. The molecule has 0 atom stereocenters. The first-order chi connectivity index (χ1) is 12.0. The zero-order chi connectivity index (χ0) is 21.3. The number of hydrogen-bond donors (Lipinski definition) is 2. The van der Waals surface area contributed by atoms with E-state index in [1.165, 1.54) is 6.92 Å². The molecular formula is C17H32BF3N2O3Si. The molecule has 2 N–H and O–H groups in total. The van der Waals surface area contributed by atoms with E-state index in [1.54, 1.807) is 27.7 Å². The molecule has 0 aromatic heterocycles. The Labute approximate surface area is 161 Å². The number of rotatable bonds is 8. The van der Waals surface area contributed by atoms with Gasteiger partial charge in [-0.25, -0.2) is 0 Å². The molecule has 0 unspecified atom stereocenters. The molecule has 1 heterocycles. The molecular weight excluding hydrogens is 376 g/mol. The highest BCUT2D eigenvalue weighted by atomic mass is 28.3. The van der Waals surface area contributed by atoms with Gasteiger partial charge < -0.3 is 19.4 Å². The number of allylic oxidation sites excluding steroid dienone is 2. The van der Waals surface area contributed by atoms with E-state index in [0.717, 1.165) is 6.04 Å². The summed E-state index contributed by atoms with van der Waals surface area (Å²) in [5.41, 5.74) is -3.28. The van der Waals surface area contributed by atoms with Crippen molar-refractivity contribution in [3.05, 3.63) is 11.2 Å². The Hall–Kier alpha value is -0.838. The maximum Gasteiger partial charge on any atom is 0.498 e. The first-order valence-electron chi connectivity index (χ1n) is 9.02. The number of alkyl halides is 3. The summed E-state index contributed by atoms with van der Waals surface area (Å²) in [6.07, 6.45) is -4.80. The summed E-state index contributed by atoms with van der Waals surface area (Å²) in [6.45, 7) is 15.7. The van der Waals surface area contributed by atoms with Gasteiger partial charge in [-0.05, 0) is 40.7 Å². The fourth-order valence-corrected chi connectivity index (χ4v) is 3.06. The van der Waals surface area contributed by atoms with Crippen molar-refractivity contribution in [3.8, 4) is 0 Å². The molecule has 1 aliphatic heterocycles. The molecule has 0 radical (unpaired) electrons. The number of halogens is 3. The topological polar surface area (TPSA) is 63.6 Å². The van der Waals surface area contributed by atoms with Crippen LogP contribution in [0.25, 0.3) is 0 Å². The Bertz CT molecular complexity index is 571. The molecule has 156 valence electrons. The Morgan fingerprint density at radius 2 is 1.59 bits per heavy atom. The van der Waals surface area contributed by atoms with Crippen molar-refractivity contribution in [1.82, 2.24) is 5.32 Å². The van der Waals surface area contributed by atoms with Crippen LogP contribution in [0.15, 0.2) is 11.2 Å². The molecule has 0 bridgehead atoms. The Balaban J connectivity index is 2.95. The van der Waals surface area contributed by atoms with Gasteiger partial charge in [-0.3, -0.25) is 5.41 Å². The Kier molecular flexibility index (Phi) is 7.41. The molecule has 0 aromatic rings. The van der Waals surface area contributed by atoms with Crippen LogP contribution in [0.3, 0.4) is 0 Å². The zero-order valence-electron chi connectivity index (χ0n) is 17.6. The van der Waals surface area contributed by atoms with Crippen LogP contribution in [-0.4, -0.2) is 51.6 Å². The first kappa shape index (κ1) is 24.2. The number of nitrogens with one attached hydrogen (secondary N) is 2. The average Bonchev–Trinajstić information content (AvgIpc) is 2.64. The largest absolute Gasteiger partial charge is 0.498 e. The second kappa shape index (κ2) is 8.26. The average molecular weight is 408 g/mol. The maximum atomic E-state index is 13.2. The van der Waals surface area contributed by atoms with Crippen LogP contribution in [0.5, 0.6) is 0 Å². The van der Waals surface area contributed by atoms with E-state index in [2.05, 4.69) is 25.0 Å². The third-order valence-electron chi connectivity index (χ3n) is 4.88. The highest BCUT2D eigenvalue weighted by molar-refractivity contribution is 6.76. The number of ether oxygens (including phenoxy) is 1. The predicted molar refractivity (Wildman–Crippen MR) is 105 cm³/mol. The fourth-order valence-electron chi connectivity index (χ4n) is 2.30. The summed E-state index contributed by atoms with van der Waals surface area (Å²) in [6, 6.07) is 0.958. The summed E-state index contributed by atoms with van der Waals surface area (Å²) >= 11 is 0. The minimum absolute atomic E-state index is 0.0600. The molecule has 5 nitrogen and oxygen atoms in total. The first-order valence-corrected chi connectivity index (χ1v) is 12.7. The second-order valence-corrected chi connectivity index (χ2v) is 14.7. The number of hydrogen-bond acceptors (Lipinski definition) is 5. The second-order valence-electron chi connectivity index (χ2n) is 9.04. The molecule has 0 aromatic carbocycles. The summed E-state index contributed by atoms with van der Waals surface area (Å²) in [5.74, 6) is 0. The normalized spacial score (nSPS) is 20.5. The van der Waals surface area contributed by atoms with Crippen LogP contribution in [-0.2, 0) is 14.0 Å². The minimum Gasteiger partial charge on any atom is -0.399 e. The fraction of sp³-hybridized carbons (Fsp3) is 0.824. The van der Waals surface area contributed by atoms with Crippen LogP contribution >= 0.6 is 0 Å². The molecule has 0 spiro atoms. The van der Waals surface area contributed by atoms with Crippen molar-refractivity contribution < 1.29 is 27.2 Å². The quantitative estimate of drug-likeness (QED) is 0.271. The lowest BCUT2D eigenvalue weighted by Crippen LogP contribution is -2.41. The van der Waals surface area contributed by atoms with E-state index in [4.69, 9.17) is 19.5 Å². The monoisotopic (exact) mass is 408 g/mol. The van der Waals surface area contributed by atoms with E-state index in [9.17, 15) is 13.2 Å². The highest BCUT2D eigenvalue weighted by Crippen LogP contribution is 2.40. The molecule has 1 fully saturated rings. The maximum absolute atomic E-state index is 13.2. The van der Waals surface area contributed by atoms with Crippen molar-refractivity contribution >= 4 is 20.9 Å². The van der Waals surface area contributed by atoms with Crippen molar-refractivity contribution in [2.45, 2.75) is 77.7 Å². The third kappa shape index (κ3) is 6.62. The third-order valence-corrected chi connectivity index (χ3v) is 6.59. The van der Waals surface area contributed by atoms with Gasteiger partial charge in [0.2, 0.25) is 0 Å². The van der Waals surface area contributed by atoms with Gasteiger partial charge in [0.1, 0.15) is 12.4 Å². The standard InChI is InChI=1S/C17H32BF3N2O3Si/c1-12(23-11-24-9-10-27(6,7)8)13(14(22)17(19,20)21)18-25-15(2,3)16(4,5)26-18/h22-23H,9-11H2,1-8H3/b13-12+,22-14?. The Morgan fingerprint density at radius 1 is 1.11 bits per heavy atom. The van der Waals surface area contributed by atoms with Crippen LogP contribution in [0.4, 0.5) is 13.2 Å². The van der Waals surface area contributed by atoms with Gasteiger partial charge in [0.15, 0.2) is 0 Å². The van der Waals surface area contributed by atoms with E-state index in [0.29, 0.717) is 6.61 Å². The lowest BCUT2D eigenvalue weighted by molar-refractivity contribution is -0.0589. The molecule has 10 heteroatoms. The SMILES string of the molecule is C/C(NCOCC[Si](C)(C)C)=C(\B1OC(C)(C)C(C)(C)O1)C(=N)C(F)(F)F. The zero-order valence-corrected chi connectivity index (χ0v) is 18.6. The molecule has 0 amide bonds. The molecule has 1 aliphatic rings. The van der Waals surface area contributed by atoms with Gasteiger partial charge in [0.05, 0.1) is 11.2 Å². The van der Waals surface area contributed by atoms with Gasteiger partial charge in [-0.2, -0.15) is 13.2 Å². The van der Waals surface area contributed by atoms with Gasteiger partial charge in [-0.1, -0.05) is 19.6 Å². The predicted octanol–water partition coefficient (Wildman–Crippen LogP) is 4.38. The van der Waals surface area contributed by atoms with Crippen LogP contribution < -0.4 is 5.32 Å². The summed E-state index contributed by atoms with van der Waals surface area (Å²) < 4.78 is 56.7. The van der Waals surface area contributed by atoms with Gasteiger partial charge >= 0.3 is 13.3 Å². The van der Waals surface area contributed by atoms with E-state index < -0.39 is 38.3 Å². The minimum atomic E-state index is -4.80. The van der Waals surface area contributed by atoms with Crippen LogP contribution in [0.1, 0.15) is 34.6 Å². The lowest BCUT2D eigenvalue weighted by atomic mass is 9.73. The van der Waals surface area contributed by atoms with Crippen LogP contribution in [0.2, 0.25) is 25.7 Å². The summed E-state index contributed by atoms with van der Waals surface area (Å²) in [4.78, 5) is 0. The van der Waals surface area contributed by atoms with Crippen molar-refractivity contribution in [3.63, 3.8) is 0 Å². The van der Waals surface area contributed by atoms with E-state index in [1.807, 2.05) is 0 Å². The Morgan fingerprint density at radius 3 is 2.00 bits per heavy atom.